The van der Waals surface area contributed by atoms with E-state index >= 15 is 0 Å². The summed E-state index contributed by atoms with van der Waals surface area (Å²) in [4.78, 5) is 29.2. The van der Waals surface area contributed by atoms with Gasteiger partial charge in [-0.15, -0.1) is 0 Å². The van der Waals surface area contributed by atoms with Crippen LogP contribution in [-0.4, -0.2) is 27.2 Å². The fourth-order valence-corrected chi connectivity index (χ4v) is 2.60. The predicted octanol–water partition coefficient (Wildman–Crippen LogP) is 2.62. The molecule has 2 amide bonds. The predicted molar refractivity (Wildman–Crippen MR) is 90.0 cm³/mol. The standard InChI is InChI=1S/C18H15FN4O2/c19-11-4-3-5-13(10-11)21-18(25)16-22-15(17(24)20-12-7-8-12)14-6-1-2-9-23(14)16/h1-6,9-10,12H,7-8H2,(H,20,24)(H,21,25). The van der Waals surface area contributed by atoms with Crippen LogP contribution in [0, 0.1) is 5.82 Å². The van der Waals surface area contributed by atoms with Gasteiger partial charge in [0.1, 0.15) is 5.82 Å². The molecule has 0 atom stereocenters. The number of pyridine rings is 1. The van der Waals surface area contributed by atoms with Crippen molar-refractivity contribution >= 4 is 23.0 Å². The zero-order chi connectivity index (χ0) is 17.4. The number of halogens is 1. The number of carbonyl (C=O) groups excluding carboxylic acids is 2. The Morgan fingerprint density at radius 1 is 1.12 bits per heavy atom. The highest BCUT2D eigenvalue weighted by atomic mass is 19.1. The molecule has 2 aromatic heterocycles. The molecular weight excluding hydrogens is 323 g/mol. The van der Waals surface area contributed by atoms with E-state index in [2.05, 4.69) is 15.6 Å². The number of hydrogen-bond donors (Lipinski definition) is 2. The van der Waals surface area contributed by atoms with Gasteiger partial charge in [-0.05, 0) is 43.2 Å². The summed E-state index contributed by atoms with van der Waals surface area (Å²) in [5.74, 6) is -1.19. The summed E-state index contributed by atoms with van der Waals surface area (Å²) >= 11 is 0. The van der Waals surface area contributed by atoms with Crippen LogP contribution >= 0.6 is 0 Å². The van der Waals surface area contributed by atoms with E-state index in [1.54, 1.807) is 34.9 Å². The first kappa shape index (κ1) is 15.3. The molecule has 0 unspecified atom stereocenters. The molecule has 25 heavy (non-hydrogen) atoms. The first-order valence-corrected chi connectivity index (χ1v) is 7.97. The van der Waals surface area contributed by atoms with Gasteiger partial charge in [-0.25, -0.2) is 9.37 Å². The van der Waals surface area contributed by atoms with Crippen LogP contribution < -0.4 is 10.6 Å². The van der Waals surface area contributed by atoms with Crippen molar-refractivity contribution in [2.75, 3.05) is 5.32 Å². The summed E-state index contributed by atoms with van der Waals surface area (Å²) in [5, 5.41) is 5.48. The van der Waals surface area contributed by atoms with Gasteiger partial charge < -0.3 is 10.6 Å². The second kappa shape index (κ2) is 6.01. The number of anilines is 1. The molecule has 1 saturated carbocycles. The molecule has 1 aliphatic rings. The van der Waals surface area contributed by atoms with Crippen molar-refractivity contribution in [3.63, 3.8) is 0 Å². The molecule has 6 nitrogen and oxygen atoms in total. The Morgan fingerprint density at radius 2 is 1.96 bits per heavy atom. The molecule has 4 rings (SSSR count). The van der Waals surface area contributed by atoms with Crippen LogP contribution in [0.3, 0.4) is 0 Å². The molecule has 0 bridgehead atoms. The van der Waals surface area contributed by atoms with Gasteiger partial charge in [0.2, 0.25) is 5.82 Å². The van der Waals surface area contributed by atoms with Gasteiger partial charge in [-0.1, -0.05) is 12.1 Å². The van der Waals surface area contributed by atoms with Crippen molar-refractivity contribution in [1.29, 1.82) is 0 Å². The number of amides is 2. The van der Waals surface area contributed by atoms with E-state index in [0.717, 1.165) is 12.8 Å². The minimum atomic E-state index is -0.516. The van der Waals surface area contributed by atoms with Crippen molar-refractivity contribution in [3.8, 4) is 0 Å². The van der Waals surface area contributed by atoms with Crippen LogP contribution in [0.2, 0.25) is 0 Å². The maximum absolute atomic E-state index is 13.3. The van der Waals surface area contributed by atoms with Crippen LogP contribution in [0.15, 0.2) is 48.7 Å². The summed E-state index contributed by atoms with van der Waals surface area (Å²) in [7, 11) is 0. The third-order valence-corrected chi connectivity index (χ3v) is 3.96. The number of nitrogens with one attached hydrogen (secondary N) is 2. The largest absolute Gasteiger partial charge is 0.348 e. The zero-order valence-corrected chi connectivity index (χ0v) is 13.2. The number of imidazole rings is 1. The fourth-order valence-electron chi connectivity index (χ4n) is 2.60. The molecule has 0 saturated heterocycles. The summed E-state index contributed by atoms with van der Waals surface area (Å²) in [5.41, 5.74) is 1.07. The van der Waals surface area contributed by atoms with E-state index in [1.807, 2.05) is 0 Å². The number of nitrogens with zero attached hydrogens (tertiary/aromatic N) is 2. The average molecular weight is 338 g/mol. The van der Waals surface area contributed by atoms with Crippen molar-refractivity contribution in [3.05, 3.63) is 66.0 Å². The van der Waals surface area contributed by atoms with E-state index in [1.165, 1.54) is 18.2 Å². The SMILES string of the molecule is O=C(NC1CC1)c1nc(C(=O)Nc2cccc(F)c2)n2ccccc12. The van der Waals surface area contributed by atoms with E-state index in [4.69, 9.17) is 0 Å². The normalized spacial score (nSPS) is 13.6. The quantitative estimate of drug-likeness (QED) is 0.768. The average Bonchev–Trinajstić information content (AvgIpc) is 3.32. The molecule has 1 aliphatic carbocycles. The highest BCUT2D eigenvalue weighted by molar-refractivity contribution is 6.06. The minimum absolute atomic E-state index is 0.0702. The van der Waals surface area contributed by atoms with Crippen LogP contribution in [0.1, 0.15) is 33.9 Å². The molecule has 1 fully saturated rings. The van der Waals surface area contributed by atoms with Gasteiger partial charge >= 0.3 is 0 Å². The number of fused-ring (bicyclic) bond motifs is 1. The second-order valence-corrected chi connectivity index (χ2v) is 5.95. The molecule has 126 valence electrons. The molecule has 7 heteroatoms. The van der Waals surface area contributed by atoms with Crippen LogP contribution in [0.4, 0.5) is 10.1 Å². The summed E-state index contributed by atoms with van der Waals surface area (Å²) < 4.78 is 14.8. The maximum Gasteiger partial charge on any atom is 0.292 e. The first-order valence-electron chi connectivity index (χ1n) is 7.97. The molecule has 2 heterocycles. The lowest BCUT2D eigenvalue weighted by molar-refractivity contribution is 0.0948. The summed E-state index contributed by atoms with van der Waals surface area (Å²) in [6.07, 6.45) is 3.59. The smallest absolute Gasteiger partial charge is 0.292 e. The zero-order valence-electron chi connectivity index (χ0n) is 13.2. The lowest BCUT2D eigenvalue weighted by atomic mass is 10.3. The highest BCUT2D eigenvalue weighted by Gasteiger charge is 2.27. The number of hydrogen-bond acceptors (Lipinski definition) is 3. The van der Waals surface area contributed by atoms with E-state index < -0.39 is 11.7 Å². The van der Waals surface area contributed by atoms with Crippen molar-refractivity contribution in [2.24, 2.45) is 0 Å². The maximum atomic E-state index is 13.3. The van der Waals surface area contributed by atoms with Gasteiger partial charge in [0.25, 0.3) is 11.8 Å². The van der Waals surface area contributed by atoms with Crippen LogP contribution in [0.25, 0.3) is 5.52 Å². The Kier molecular flexibility index (Phi) is 3.68. The molecular formula is C18H15FN4O2. The highest BCUT2D eigenvalue weighted by Crippen LogP contribution is 2.21. The van der Waals surface area contributed by atoms with Gasteiger partial charge in [-0.2, -0.15) is 0 Å². The molecule has 0 spiro atoms. The molecule has 3 aromatic rings. The molecule has 0 radical (unpaired) electrons. The minimum Gasteiger partial charge on any atom is -0.348 e. The monoisotopic (exact) mass is 338 g/mol. The second-order valence-electron chi connectivity index (χ2n) is 5.95. The Morgan fingerprint density at radius 3 is 2.72 bits per heavy atom. The Bertz CT molecular complexity index is 978. The third-order valence-electron chi connectivity index (χ3n) is 3.96. The number of carbonyl (C=O) groups is 2. The van der Waals surface area contributed by atoms with Gasteiger partial charge in [0, 0.05) is 17.9 Å². The van der Waals surface area contributed by atoms with Gasteiger partial charge in [0.15, 0.2) is 5.69 Å². The lowest BCUT2D eigenvalue weighted by Gasteiger charge is -2.04. The van der Waals surface area contributed by atoms with Crippen molar-refractivity contribution in [1.82, 2.24) is 14.7 Å². The van der Waals surface area contributed by atoms with Gasteiger partial charge in [-0.3, -0.25) is 14.0 Å². The molecule has 0 aliphatic heterocycles. The first-order chi connectivity index (χ1) is 12.1. The summed E-state index contributed by atoms with van der Waals surface area (Å²) in [6.45, 7) is 0. The number of rotatable bonds is 4. The topological polar surface area (TPSA) is 75.5 Å². The van der Waals surface area contributed by atoms with Crippen LogP contribution in [0.5, 0.6) is 0 Å². The number of aromatic nitrogens is 2. The number of benzene rings is 1. The Balaban J connectivity index is 1.68. The van der Waals surface area contributed by atoms with Crippen LogP contribution in [-0.2, 0) is 0 Å². The van der Waals surface area contributed by atoms with E-state index in [0.29, 0.717) is 11.2 Å². The fraction of sp³-hybridized carbons (Fsp3) is 0.167. The van der Waals surface area contributed by atoms with Gasteiger partial charge in [0.05, 0.1) is 5.52 Å². The lowest BCUT2D eigenvalue weighted by Crippen LogP contribution is -2.26. The van der Waals surface area contributed by atoms with E-state index in [-0.39, 0.29) is 23.5 Å². The van der Waals surface area contributed by atoms with Crippen molar-refractivity contribution < 1.29 is 14.0 Å². The Labute approximate surface area is 142 Å². The third kappa shape index (κ3) is 3.08. The molecule has 2 N–H and O–H groups in total. The summed E-state index contributed by atoms with van der Waals surface area (Å²) in [6, 6.07) is 11.0. The Hall–Kier alpha value is -3.22. The van der Waals surface area contributed by atoms with E-state index in [9.17, 15) is 14.0 Å². The van der Waals surface area contributed by atoms with Crippen molar-refractivity contribution in [2.45, 2.75) is 18.9 Å². The molecule has 1 aromatic carbocycles.